The maximum atomic E-state index is 13.6. The lowest BCUT2D eigenvalue weighted by atomic mass is 10.1. The average Bonchev–Trinajstić information content (AvgIpc) is 2.92. The molecule has 1 amide bonds. The highest BCUT2D eigenvalue weighted by molar-refractivity contribution is 7.22. The summed E-state index contributed by atoms with van der Waals surface area (Å²) >= 11 is 1.45. The van der Waals surface area contributed by atoms with Gasteiger partial charge in [-0.15, -0.1) is 0 Å². The summed E-state index contributed by atoms with van der Waals surface area (Å²) in [5.74, 6) is -0.539. The number of nitrogens with zero attached hydrogens (tertiary/aromatic N) is 2. The molecule has 0 aliphatic heterocycles. The molecule has 0 radical (unpaired) electrons. The quantitative estimate of drug-likeness (QED) is 0.740. The minimum atomic E-state index is -0.358. The Hall–Kier alpha value is -2.27. The first-order chi connectivity index (χ1) is 10.1. The molecule has 0 bridgehead atoms. The van der Waals surface area contributed by atoms with Gasteiger partial charge in [0.2, 0.25) is 5.91 Å². The zero-order valence-electron chi connectivity index (χ0n) is 11.4. The Labute approximate surface area is 125 Å². The topological polar surface area (TPSA) is 33.2 Å². The molecule has 0 aliphatic carbocycles. The molecule has 21 heavy (non-hydrogen) atoms. The minimum Gasteiger partial charge on any atom is -0.291 e. The zero-order valence-corrected chi connectivity index (χ0v) is 12.2. The van der Waals surface area contributed by atoms with Gasteiger partial charge in [0.05, 0.1) is 16.6 Å². The van der Waals surface area contributed by atoms with Gasteiger partial charge >= 0.3 is 0 Å². The van der Waals surface area contributed by atoms with Crippen LogP contribution >= 0.6 is 11.3 Å². The predicted octanol–water partition coefficient (Wildman–Crippen LogP) is 3.64. The number of carbonyl (C=O) groups is 1. The van der Waals surface area contributed by atoms with Gasteiger partial charge in [0, 0.05) is 7.05 Å². The lowest BCUT2D eigenvalue weighted by molar-refractivity contribution is -0.117. The van der Waals surface area contributed by atoms with Crippen LogP contribution in [0.25, 0.3) is 10.2 Å². The van der Waals surface area contributed by atoms with Crippen molar-refractivity contribution in [3.8, 4) is 0 Å². The van der Waals surface area contributed by atoms with E-state index >= 15 is 0 Å². The number of hydrogen-bond donors (Lipinski definition) is 0. The fourth-order valence-corrected chi connectivity index (χ4v) is 2.98. The first kappa shape index (κ1) is 13.7. The number of rotatable bonds is 3. The summed E-state index contributed by atoms with van der Waals surface area (Å²) in [4.78, 5) is 18.2. The van der Waals surface area contributed by atoms with E-state index < -0.39 is 0 Å². The summed E-state index contributed by atoms with van der Waals surface area (Å²) < 4.78 is 14.6. The van der Waals surface area contributed by atoms with Gasteiger partial charge in [-0.3, -0.25) is 9.69 Å². The van der Waals surface area contributed by atoms with Crippen LogP contribution in [0, 0.1) is 5.82 Å². The molecule has 5 heteroatoms. The van der Waals surface area contributed by atoms with E-state index in [4.69, 9.17) is 0 Å². The van der Waals surface area contributed by atoms with Crippen molar-refractivity contribution in [2.75, 3.05) is 11.9 Å². The Morgan fingerprint density at radius 1 is 1.19 bits per heavy atom. The van der Waals surface area contributed by atoms with Crippen molar-refractivity contribution in [2.45, 2.75) is 6.42 Å². The Balaban J connectivity index is 1.82. The van der Waals surface area contributed by atoms with E-state index in [0.29, 0.717) is 10.7 Å². The summed E-state index contributed by atoms with van der Waals surface area (Å²) in [6, 6.07) is 14.0. The van der Waals surface area contributed by atoms with Crippen LogP contribution in [0.15, 0.2) is 48.5 Å². The Morgan fingerprint density at radius 2 is 1.90 bits per heavy atom. The highest BCUT2D eigenvalue weighted by Gasteiger charge is 2.17. The maximum absolute atomic E-state index is 13.6. The summed E-state index contributed by atoms with van der Waals surface area (Å²) in [6.07, 6.45) is 0.0269. The minimum absolute atomic E-state index is 0.0269. The number of amides is 1. The molecule has 0 spiro atoms. The third-order valence-electron chi connectivity index (χ3n) is 3.24. The molecule has 3 nitrogen and oxygen atoms in total. The number of carbonyl (C=O) groups excluding carboxylic acids is 1. The van der Waals surface area contributed by atoms with Crippen LogP contribution in [0.2, 0.25) is 0 Å². The molecule has 106 valence electrons. The van der Waals surface area contributed by atoms with Crippen LogP contribution in [0.4, 0.5) is 9.52 Å². The SMILES string of the molecule is CN(C(=O)Cc1ccccc1F)c1nc2ccccc2s1. The second-order valence-electron chi connectivity index (χ2n) is 4.69. The summed E-state index contributed by atoms with van der Waals surface area (Å²) in [7, 11) is 1.67. The summed E-state index contributed by atoms with van der Waals surface area (Å²) in [6.45, 7) is 0. The molecule has 0 saturated heterocycles. The average molecular weight is 300 g/mol. The molecule has 1 aromatic heterocycles. The van der Waals surface area contributed by atoms with Crippen molar-refractivity contribution in [1.82, 2.24) is 4.98 Å². The molecule has 1 heterocycles. The number of fused-ring (bicyclic) bond motifs is 1. The van der Waals surface area contributed by atoms with Gasteiger partial charge in [0.15, 0.2) is 5.13 Å². The molecule has 0 saturated carbocycles. The number of benzene rings is 2. The number of anilines is 1. The smallest absolute Gasteiger partial charge is 0.233 e. The van der Waals surface area contributed by atoms with Crippen molar-refractivity contribution < 1.29 is 9.18 Å². The number of thiazole rings is 1. The molecule has 2 aromatic carbocycles. The van der Waals surface area contributed by atoms with Crippen LogP contribution in [-0.4, -0.2) is 17.9 Å². The van der Waals surface area contributed by atoms with Crippen LogP contribution < -0.4 is 4.90 Å². The molecule has 0 aliphatic rings. The van der Waals surface area contributed by atoms with Gasteiger partial charge in [-0.1, -0.05) is 41.7 Å². The van der Waals surface area contributed by atoms with Gasteiger partial charge in [-0.2, -0.15) is 0 Å². The van der Waals surface area contributed by atoms with Gasteiger partial charge in [0.25, 0.3) is 0 Å². The van der Waals surface area contributed by atoms with Crippen molar-refractivity contribution in [1.29, 1.82) is 0 Å². The highest BCUT2D eigenvalue weighted by Crippen LogP contribution is 2.28. The number of hydrogen-bond acceptors (Lipinski definition) is 3. The van der Waals surface area contributed by atoms with E-state index in [0.717, 1.165) is 10.2 Å². The molecule has 0 fully saturated rings. The van der Waals surface area contributed by atoms with Gasteiger partial charge < -0.3 is 0 Å². The Kier molecular flexibility index (Phi) is 3.66. The molecule has 0 atom stereocenters. The van der Waals surface area contributed by atoms with Crippen LogP contribution in [0.1, 0.15) is 5.56 Å². The van der Waals surface area contributed by atoms with Gasteiger partial charge in [-0.25, -0.2) is 9.37 Å². The van der Waals surface area contributed by atoms with E-state index in [1.54, 1.807) is 25.2 Å². The van der Waals surface area contributed by atoms with Crippen molar-refractivity contribution in [3.63, 3.8) is 0 Å². The van der Waals surface area contributed by atoms with E-state index in [1.807, 2.05) is 24.3 Å². The maximum Gasteiger partial charge on any atom is 0.233 e. The summed E-state index contributed by atoms with van der Waals surface area (Å²) in [5.41, 5.74) is 1.26. The third kappa shape index (κ3) is 2.78. The first-order valence-corrected chi connectivity index (χ1v) is 7.32. The van der Waals surface area contributed by atoms with Crippen molar-refractivity contribution >= 4 is 32.6 Å². The third-order valence-corrected chi connectivity index (χ3v) is 4.36. The molecular formula is C16H13FN2OS. The Morgan fingerprint density at radius 3 is 2.67 bits per heavy atom. The molecule has 0 N–H and O–H groups in total. The highest BCUT2D eigenvalue weighted by atomic mass is 32.1. The van der Waals surface area contributed by atoms with Gasteiger partial charge in [-0.05, 0) is 23.8 Å². The lowest BCUT2D eigenvalue weighted by Crippen LogP contribution is -2.28. The van der Waals surface area contributed by atoms with Crippen LogP contribution in [-0.2, 0) is 11.2 Å². The van der Waals surface area contributed by atoms with Crippen molar-refractivity contribution in [2.24, 2.45) is 0 Å². The monoisotopic (exact) mass is 300 g/mol. The normalized spacial score (nSPS) is 10.8. The summed E-state index contributed by atoms with van der Waals surface area (Å²) in [5, 5.41) is 0.623. The van der Waals surface area contributed by atoms with Gasteiger partial charge in [0.1, 0.15) is 5.82 Å². The fourth-order valence-electron chi connectivity index (χ4n) is 2.03. The molecule has 3 aromatic rings. The second kappa shape index (κ2) is 5.61. The fraction of sp³-hybridized carbons (Fsp3) is 0.125. The van der Waals surface area contributed by atoms with Crippen LogP contribution in [0.3, 0.4) is 0 Å². The zero-order chi connectivity index (χ0) is 14.8. The number of aromatic nitrogens is 1. The van der Waals surface area contributed by atoms with E-state index in [1.165, 1.54) is 22.3 Å². The van der Waals surface area contributed by atoms with E-state index in [9.17, 15) is 9.18 Å². The largest absolute Gasteiger partial charge is 0.291 e. The van der Waals surface area contributed by atoms with Crippen molar-refractivity contribution in [3.05, 3.63) is 59.9 Å². The van der Waals surface area contributed by atoms with E-state index in [2.05, 4.69) is 4.98 Å². The molecule has 0 unspecified atom stereocenters. The molecule has 3 rings (SSSR count). The number of para-hydroxylation sites is 1. The standard InChI is InChI=1S/C16H13FN2OS/c1-19(15(20)10-11-6-2-3-7-12(11)17)16-18-13-8-4-5-9-14(13)21-16/h2-9H,10H2,1H3. The van der Waals surface area contributed by atoms with E-state index in [-0.39, 0.29) is 18.1 Å². The predicted molar refractivity (Wildman–Crippen MR) is 83.1 cm³/mol. The second-order valence-corrected chi connectivity index (χ2v) is 5.69. The number of likely N-dealkylation sites (N-methyl/N-ethyl adjacent to an activating group) is 1. The Bertz CT molecular complexity index is 767. The lowest BCUT2D eigenvalue weighted by Gasteiger charge is -2.13. The number of halogens is 1. The molecular weight excluding hydrogens is 287 g/mol. The van der Waals surface area contributed by atoms with Crippen LogP contribution in [0.5, 0.6) is 0 Å². The first-order valence-electron chi connectivity index (χ1n) is 6.50.